The Morgan fingerprint density at radius 1 is 1.33 bits per heavy atom. The van der Waals surface area contributed by atoms with Gasteiger partial charge in [-0.3, -0.25) is 4.99 Å². The molecule has 0 aromatic heterocycles. The molecule has 0 heterocycles. The van der Waals surface area contributed by atoms with Gasteiger partial charge in [-0.2, -0.15) is 0 Å². The molecule has 15 heavy (non-hydrogen) atoms. The van der Waals surface area contributed by atoms with Crippen molar-refractivity contribution in [2.45, 2.75) is 39.5 Å². The van der Waals surface area contributed by atoms with Gasteiger partial charge in [0.05, 0.1) is 5.69 Å². The van der Waals surface area contributed by atoms with E-state index in [1.807, 2.05) is 0 Å². The summed E-state index contributed by atoms with van der Waals surface area (Å²) >= 11 is 0. The molecule has 0 bridgehead atoms. The Balaban J connectivity index is 2.15. The quantitative estimate of drug-likeness (QED) is 0.643. The van der Waals surface area contributed by atoms with Gasteiger partial charge in [0, 0.05) is 5.71 Å². The molecule has 2 rings (SSSR count). The predicted octanol–water partition coefficient (Wildman–Crippen LogP) is 4.28. The van der Waals surface area contributed by atoms with Gasteiger partial charge in [0.15, 0.2) is 0 Å². The first-order chi connectivity index (χ1) is 7.24. The Labute approximate surface area is 92.2 Å². The van der Waals surface area contributed by atoms with Gasteiger partial charge in [0.25, 0.3) is 0 Å². The molecule has 1 saturated carbocycles. The standard InChI is InChI=1S/C14H19N/c1-11-5-3-7-13(9-11)15-14-8-4-6-12(2)10-14/h3,5,7,9,12H,4,6,8,10H2,1-2H3. The lowest BCUT2D eigenvalue weighted by atomic mass is 9.89. The van der Waals surface area contributed by atoms with Crippen molar-refractivity contribution in [2.24, 2.45) is 10.9 Å². The Hall–Kier alpha value is -1.11. The number of aliphatic imine (C=N–C) groups is 1. The van der Waals surface area contributed by atoms with Gasteiger partial charge in [-0.15, -0.1) is 0 Å². The summed E-state index contributed by atoms with van der Waals surface area (Å²) in [7, 11) is 0. The van der Waals surface area contributed by atoms with Crippen LogP contribution in [0.3, 0.4) is 0 Å². The number of hydrogen-bond donors (Lipinski definition) is 0. The maximum Gasteiger partial charge on any atom is 0.0631 e. The molecule has 0 spiro atoms. The van der Waals surface area contributed by atoms with Gasteiger partial charge >= 0.3 is 0 Å². The SMILES string of the molecule is Cc1cccc(N=C2CCCC(C)C2)c1. The molecule has 1 aromatic carbocycles. The summed E-state index contributed by atoms with van der Waals surface area (Å²) in [6.07, 6.45) is 5.06. The second-order valence-corrected chi connectivity index (χ2v) is 4.72. The van der Waals surface area contributed by atoms with E-state index < -0.39 is 0 Å². The van der Waals surface area contributed by atoms with Crippen LogP contribution in [0.4, 0.5) is 5.69 Å². The van der Waals surface area contributed by atoms with Crippen LogP contribution in [0.25, 0.3) is 0 Å². The number of rotatable bonds is 1. The molecular weight excluding hydrogens is 182 g/mol. The van der Waals surface area contributed by atoms with Crippen LogP contribution in [-0.4, -0.2) is 5.71 Å². The largest absolute Gasteiger partial charge is 0.258 e. The molecule has 1 unspecified atom stereocenters. The van der Waals surface area contributed by atoms with Crippen LogP contribution in [0.5, 0.6) is 0 Å². The van der Waals surface area contributed by atoms with Crippen molar-refractivity contribution < 1.29 is 0 Å². The second-order valence-electron chi connectivity index (χ2n) is 4.72. The van der Waals surface area contributed by atoms with E-state index in [4.69, 9.17) is 4.99 Å². The van der Waals surface area contributed by atoms with Crippen molar-refractivity contribution in [1.82, 2.24) is 0 Å². The molecular formula is C14H19N. The zero-order valence-electron chi connectivity index (χ0n) is 9.66. The molecule has 1 atom stereocenters. The first-order valence-corrected chi connectivity index (χ1v) is 5.87. The minimum atomic E-state index is 0.822. The predicted molar refractivity (Wildman–Crippen MR) is 65.9 cm³/mol. The van der Waals surface area contributed by atoms with Gasteiger partial charge < -0.3 is 0 Å². The third kappa shape index (κ3) is 2.92. The maximum atomic E-state index is 4.75. The molecule has 80 valence electrons. The molecule has 1 fully saturated rings. The highest BCUT2D eigenvalue weighted by molar-refractivity contribution is 5.87. The number of nitrogens with zero attached hydrogens (tertiary/aromatic N) is 1. The molecule has 1 nitrogen and oxygen atoms in total. The first kappa shape index (κ1) is 10.4. The zero-order chi connectivity index (χ0) is 10.7. The van der Waals surface area contributed by atoms with Gasteiger partial charge in [-0.25, -0.2) is 0 Å². The van der Waals surface area contributed by atoms with E-state index in [-0.39, 0.29) is 0 Å². The topological polar surface area (TPSA) is 12.4 Å². The van der Waals surface area contributed by atoms with Crippen molar-refractivity contribution >= 4 is 11.4 Å². The van der Waals surface area contributed by atoms with Crippen LogP contribution in [0.1, 0.15) is 38.2 Å². The van der Waals surface area contributed by atoms with E-state index in [9.17, 15) is 0 Å². The Bertz CT molecular complexity index is 365. The Morgan fingerprint density at radius 2 is 2.20 bits per heavy atom. The highest BCUT2D eigenvalue weighted by atomic mass is 14.7. The van der Waals surface area contributed by atoms with Crippen LogP contribution < -0.4 is 0 Å². The van der Waals surface area contributed by atoms with Crippen LogP contribution >= 0.6 is 0 Å². The molecule has 1 aromatic rings. The Kier molecular flexibility index (Phi) is 3.20. The van der Waals surface area contributed by atoms with Crippen molar-refractivity contribution in [3.05, 3.63) is 29.8 Å². The van der Waals surface area contributed by atoms with Gasteiger partial charge in [0.1, 0.15) is 0 Å². The van der Waals surface area contributed by atoms with E-state index in [1.54, 1.807) is 0 Å². The summed E-state index contributed by atoms with van der Waals surface area (Å²) in [5, 5.41) is 0. The molecule has 0 saturated heterocycles. The normalized spacial score (nSPS) is 24.4. The highest BCUT2D eigenvalue weighted by Gasteiger charge is 2.13. The summed E-state index contributed by atoms with van der Waals surface area (Å²) < 4.78 is 0. The molecule has 1 heteroatoms. The van der Waals surface area contributed by atoms with Crippen molar-refractivity contribution in [1.29, 1.82) is 0 Å². The maximum absolute atomic E-state index is 4.75. The molecule has 0 aliphatic heterocycles. The fourth-order valence-corrected chi connectivity index (χ4v) is 2.24. The van der Waals surface area contributed by atoms with Crippen LogP contribution in [0.15, 0.2) is 29.3 Å². The second kappa shape index (κ2) is 4.61. The van der Waals surface area contributed by atoms with E-state index >= 15 is 0 Å². The average molecular weight is 201 g/mol. The van der Waals surface area contributed by atoms with Gasteiger partial charge in [0.2, 0.25) is 0 Å². The average Bonchev–Trinajstić information content (AvgIpc) is 2.17. The molecule has 0 amide bonds. The van der Waals surface area contributed by atoms with Crippen molar-refractivity contribution in [3.8, 4) is 0 Å². The van der Waals surface area contributed by atoms with Gasteiger partial charge in [-0.1, -0.05) is 19.1 Å². The molecule has 1 aliphatic rings. The summed E-state index contributed by atoms with van der Waals surface area (Å²) in [5.74, 6) is 0.822. The van der Waals surface area contributed by atoms with Crippen LogP contribution in [0.2, 0.25) is 0 Å². The summed E-state index contributed by atoms with van der Waals surface area (Å²) in [4.78, 5) is 4.75. The number of hydrogen-bond acceptors (Lipinski definition) is 1. The fraction of sp³-hybridized carbons (Fsp3) is 0.500. The van der Waals surface area contributed by atoms with E-state index in [0.717, 1.165) is 11.6 Å². The highest BCUT2D eigenvalue weighted by Crippen LogP contribution is 2.24. The summed E-state index contributed by atoms with van der Waals surface area (Å²) in [6.45, 7) is 4.44. The minimum absolute atomic E-state index is 0.822. The molecule has 0 radical (unpaired) electrons. The van der Waals surface area contributed by atoms with Crippen LogP contribution in [-0.2, 0) is 0 Å². The lowest BCUT2D eigenvalue weighted by Gasteiger charge is -2.19. The number of benzene rings is 1. The minimum Gasteiger partial charge on any atom is -0.258 e. The first-order valence-electron chi connectivity index (χ1n) is 5.87. The lowest BCUT2D eigenvalue weighted by molar-refractivity contribution is 0.500. The van der Waals surface area contributed by atoms with Crippen LogP contribution in [0, 0.1) is 12.8 Å². The van der Waals surface area contributed by atoms with E-state index in [1.165, 1.54) is 37.0 Å². The van der Waals surface area contributed by atoms with E-state index in [0.29, 0.717) is 0 Å². The monoisotopic (exact) mass is 201 g/mol. The smallest absolute Gasteiger partial charge is 0.0631 e. The van der Waals surface area contributed by atoms with Crippen molar-refractivity contribution in [2.75, 3.05) is 0 Å². The third-order valence-corrected chi connectivity index (χ3v) is 3.04. The number of aryl methyl sites for hydroxylation is 1. The fourth-order valence-electron chi connectivity index (χ4n) is 2.24. The van der Waals surface area contributed by atoms with Crippen molar-refractivity contribution in [3.63, 3.8) is 0 Å². The van der Waals surface area contributed by atoms with E-state index in [2.05, 4.69) is 38.1 Å². The third-order valence-electron chi connectivity index (χ3n) is 3.04. The summed E-state index contributed by atoms with van der Waals surface area (Å²) in [6, 6.07) is 8.46. The molecule has 1 aliphatic carbocycles. The zero-order valence-corrected chi connectivity index (χ0v) is 9.66. The summed E-state index contributed by atoms with van der Waals surface area (Å²) in [5.41, 5.74) is 3.80. The lowest BCUT2D eigenvalue weighted by Crippen LogP contribution is -2.12. The Morgan fingerprint density at radius 3 is 2.93 bits per heavy atom. The molecule has 0 N–H and O–H groups in total. The van der Waals surface area contributed by atoms with Gasteiger partial charge in [-0.05, 0) is 56.2 Å².